The highest BCUT2D eigenvalue weighted by molar-refractivity contribution is 5.77. The summed E-state index contributed by atoms with van der Waals surface area (Å²) in [5, 5.41) is 11.0. The lowest BCUT2D eigenvalue weighted by Crippen LogP contribution is -2.23. The first-order valence-corrected chi connectivity index (χ1v) is 4.15. The molecule has 0 unspecified atom stereocenters. The van der Waals surface area contributed by atoms with Gasteiger partial charge in [0.05, 0.1) is 6.61 Å². The number of aliphatic hydroxyl groups excluding tert-OH is 1. The maximum absolute atomic E-state index is 10.8. The van der Waals surface area contributed by atoms with Crippen LogP contribution in [0.25, 0.3) is 0 Å². The van der Waals surface area contributed by atoms with Crippen LogP contribution < -0.4 is 10.1 Å². The third-order valence-corrected chi connectivity index (χ3v) is 1.67. The Morgan fingerprint density at radius 3 is 2.57 bits per heavy atom. The van der Waals surface area contributed by atoms with Crippen molar-refractivity contribution in [3.8, 4) is 5.75 Å². The molecule has 1 radical (unpaired) electrons. The Morgan fingerprint density at radius 1 is 1.43 bits per heavy atom. The highest BCUT2D eigenvalue weighted by Crippen LogP contribution is 2.11. The van der Waals surface area contributed by atoms with Gasteiger partial charge in [0.25, 0.3) is 5.91 Å². The average molecular weight is 194 g/mol. The van der Waals surface area contributed by atoms with Crippen LogP contribution in [-0.4, -0.2) is 17.6 Å². The minimum Gasteiger partial charge on any atom is -0.484 e. The SMILES string of the molecule is [CH2]NC(=O)COc1ccc(CO)cc1. The lowest BCUT2D eigenvalue weighted by atomic mass is 10.2. The molecular formula is C10H12NO3. The second kappa shape index (κ2) is 5.24. The van der Waals surface area contributed by atoms with Gasteiger partial charge >= 0.3 is 0 Å². The van der Waals surface area contributed by atoms with Crippen LogP contribution in [0.5, 0.6) is 5.75 Å². The molecule has 0 atom stereocenters. The Morgan fingerprint density at radius 2 is 2.07 bits per heavy atom. The third-order valence-electron chi connectivity index (χ3n) is 1.67. The molecule has 1 aromatic rings. The predicted molar refractivity (Wildman–Crippen MR) is 51.4 cm³/mol. The molecule has 0 aliphatic carbocycles. The zero-order chi connectivity index (χ0) is 10.4. The summed E-state index contributed by atoms with van der Waals surface area (Å²) in [4.78, 5) is 10.8. The molecule has 0 saturated heterocycles. The number of hydrogen-bond donors (Lipinski definition) is 2. The Hall–Kier alpha value is -1.55. The molecule has 1 amide bonds. The van der Waals surface area contributed by atoms with Gasteiger partial charge in [0, 0.05) is 7.05 Å². The standard InChI is InChI=1S/C10H12NO3/c1-11-10(13)7-14-9-4-2-8(6-12)3-5-9/h2-5,12H,1,6-7H2,(H,11,13). The largest absolute Gasteiger partial charge is 0.484 e. The van der Waals surface area contributed by atoms with Crippen molar-refractivity contribution in [2.24, 2.45) is 0 Å². The molecular weight excluding hydrogens is 182 g/mol. The van der Waals surface area contributed by atoms with Crippen LogP contribution in [0.2, 0.25) is 0 Å². The van der Waals surface area contributed by atoms with Gasteiger partial charge in [-0.1, -0.05) is 12.1 Å². The van der Waals surface area contributed by atoms with Crippen LogP contribution in [-0.2, 0) is 11.4 Å². The van der Waals surface area contributed by atoms with Crippen molar-refractivity contribution in [2.45, 2.75) is 6.61 Å². The minimum atomic E-state index is -0.281. The molecule has 1 rings (SSSR count). The van der Waals surface area contributed by atoms with Gasteiger partial charge < -0.3 is 15.2 Å². The fourth-order valence-corrected chi connectivity index (χ4v) is 0.891. The highest BCUT2D eigenvalue weighted by Gasteiger charge is 1.99. The summed E-state index contributed by atoms with van der Waals surface area (Å²) in [5.74, 6) is 0.307. The number of hydrogen-bond acceptors (Lipinski definition) is 3. The highest BCUT2D eigenvalue weighted by atomic mass is 16.5. The van der Waals surface area contributed by atoms with E-state index in [0.29, 0.717) is 5.75 Å². The first kappa shape index (κ1) is 10.5. The molecule has 4 heteroatoms. The fourth-order valence-electron chi connectivity index (χ4n) is 0.891. The first-order chi connectivity index (χ1) is 6.76. The molecule has 0 bridgehead atoms. The fraction of sp³-hybridized carbons (Fsp3) is 0.200. The minimum absolute atomic E-state index is 0.000351. The van der Waals surface area contributed by atoms with Gasteiger partial charge in [-0.05, 0) is 17.7 Å². The van der Waals surface area contributed by atoms with Crippen molar-refractivity contribution in [1.29, 1.82) is 0 Å². The van der Waals surface area contributed by atoms with Gasteiger partial charge in [-0.15, -0.1) is 0 Å². The van der Waals surface area contributed by atoms with Crippen molar-refractivity contribution in [1.82, 2.24) is 5.32 Å². The van der Waals surface area contributed by atoms with E-state index in [9.17, 15) is 4.79 Å². The van der Waals surface area contributed by atoms with Crippen molar-refractivity contribution >= 4 is 5.91 Å². The monoisotopic (exact) mass is 194 g/mol. The number of rotatable bonds is 4. The van der Waals surface area contributed by atoms with E-state index in [1.165, 1.54) is 0 Å². The third kappa shape index (κ3) is 3.06. The van der Waals surface area contributed by atoms with E-state index in [1.807, 2.05) is 0 Å². The summed E-state index contributed by atoms with van der Waals surface area (Å²) in [5.41, 5.74) is 0.805. The van der Waals surface area contributed by atoms with Crippen LogP contribution >= 0.6 is 0 Å². The molecule has 14 heavy (non-hydrogen) atoms. The number of carbonyl (C=O) groups is 1. The molecule has 1 aromatic carbocycles. The van der Waals surface area contributed by atoms with E-state index in [4.69, 9.17) is 9.84 Å². The number of benzene rings is 1. The lowest BCUT2D eigenvalue weighted by molar-refractivity contribution is -0.122. The van der Waals surface area contributed by atoms with Crippen LogP contribution in [0.4, 0.5) is 0 Å². The molecule has 0 aliphatic heterocycles. The molecule has 75 valence electrons. The van der Waals surface area contributed by atoms with Gasteiger partial charge in [-0.3, -0.25) is 4.79 Å². The number of ether oxygens (including phenoxy) is 1. The van der Waals surface area contributed by atoms with Gasteiger partial charge in [0.1, 0.15) is 5.75 Å². The van der Waals surface area contributed by atoms with Crippen LogP contribution in [0.3, 0.4) is 0 Å². The Kier molecular flexibility index (Phi) is 3.94. The Balaban J connectivity index is 2.47. The smallest absolute Gasteiger partial charge is 0.258 e. The quantitative estimate of drug-likeness (QED) is 0.732. The second-order valence-electron chi connectivity index (χ2n) is 2.69. The van der Waals surface area contributed by atoms with Gasteiger partial charge in [0.15, 0.2) is 6.61 Å². The van der Waals surface area contributed by atoms with E-state index >= 15 is 0 Å². The Bertz CT molecular complexity index is 295. The van der Waals surface area contributed by atoms with Crippen molar-refractivity contribution in [3.63, 3.8) is 0 Å². The first-order valence-electron chi connectivity index (χ1n) is 4.15. The van der Waals surface area contributed by atoms with E-state index in [1.54, 1.807) is 24.3 Å². The molecule has 0 spiro atoms. The normalized spacial score (nSPS) is 9.57. The van der Waals surface area contributed by atoms with Gasteiger partial charge in [-0.2, -0.15) is 0 Å². The predicted octanol–water partition coefficient (Wildman–Crippen LogP) is 0.465. The maximum Gasteiger partial charge on any atom is 0.258 e. The molecule has 0 heterocycles. The van der Waals surface area contributed by atoms with E-state index in [0.717, 1.165) is 5.56 Å². The Labute approximate surface area is 82.5 Å². The second-order valence-corrected chi connectivity index (χ2v) is 2.69. The zero-order valence-electron chi connectivity index (χ0n) is 7.69. The summed E-state index contributed by atoms with van der Waals surface area (Å²) in [6.07, 6.45) is 0. The number of nitrogens with one attached hydrogen (secondary N) is 1. The van der Waals surface area contributed by atoms with E-state index in [2.05, 4.69) is 12.4 Å². The topological polar surface area (TPSA) is 58.6 Å². The van der Waals surface area contributed by atoms with Crippen molar-refractivity contribution in [2.75, 3.05) is 6.61 Å². The number of amides is 1. The lowest BCUT2D eigenvalue weighted by Gasteiger charge is -2.05. The number of aliphatic hydroxyl groups is 1. The van der Waals surface area contributed by atoms with Gasteiger partial charge in [0.2, 0.25) is 0 Å². The zero-order valence-corrected chi connectivity index (χ0v) is 7.69. The summed E-state index contributed by atoms with van der Waals surface area (Å²) in [6, 6.07) is 6.86. The molecule has 2 N–H and O–H groups in total. The molecule has 0 saturated carbocycles. The maximum atomic E-state index is 10.8. The summed E-state index contributed by atoms with van der Waals surface area (Å²) < 4.78 is 5.12. The summed E-state index contributed by atoms with van der Waals surface area (Å²) in [6.45, 7) is -0.0540. The van der Waals surface area contributed by atoms with Crippen molar-refractivity contribution in [3.05, 3.63) is 36.9 Å². The van der Waals surface area contributed by atoms with Crippen LogP contribution in [0.1, 0.15) is 5.56 Å². The summed E-state index contributed by atoms with van der Waals surface area (Å²) >= 11 is 0. The number of carbonyl (C=O) groups excluding carboxylic acids is 1. The average Bonchev–Trinajstić information content (AvgIpc) is 2.26. The van der Waals surface area contributed by atoms with Crippen LogP contribution in [0.15, 0.2) is 24.3 Å². The molecule has 4 nitrogen and oxygen atoms in total. The molecule has 0 aliphatic rings. The van der Waals surface area contributed by atoms with Crippen molar-refractivity contribution < 1.29 is 14.6 Å². The van der Waals surface area contributed by atoms with E-state index < -0.39 is 0 Å². The summed E-state index contributed by atoms with van der Waals surface area (Å²) in [7, 11) is 3.21. The van der Waals surface area contributed by atoms with Crippen LogP contribution in [0, 0.1) is 7.05 Å². The van der Waals surface area contributed by atoms with E-state index in [-0.39, 0.29) is 19.1 Å². The molecule has 0 aromatic heterocycles. The molecule has 0 fully saturated rings. The van der Waals surface area contributed by atoms with Gasteiger partial charge in [-0.25, -0.2) is 0 Å².